The first kappa shape index (κ1) is 45.8. The quantitative estimate of drug-likeness (QED) is 0.142. The van der Waals surface area contributed by atoms with Gasteiger partial charge in [-0.3, -0.25) is 0 Å². The molecule has 4 heterocycles. The molecule has 2 unspecified atom stereocenters. The van der Waals surface area contributed by atoms with Crippen LogP contribution in [0.4, 0.5) is 34.1 Å². The van der Waals surface area contributed by atoms with Gasteiger partial charge in [0, 0.05) is 50.2 Å². The van der Waals surface area contributed by atoms with Crippen molar-refractivity contribution >= 4 is 81.7 Å². The van der Waals surface area contributed by atoms with Crippen LogP contribution >= 0.6 is 0 Å². The lowest BCUT2D eigenvalue weighted by Gasteiger charge is -2.47. The third-order valence-corrected chi connectivity index (χ3v) is 19.9. The number of nitrogens with zero attached hydrogens (tertiary/aromatic N) is 2. The molecule has 1 saturated carbocycles. The Morgan fingerprint density at radius 3 is 1.68 bits per heavy atom. The smallest absolute Gasteiger partial charge is 0.297 e. The molecule has 0 bridgehead atoms. The lowest BCUT2D eigenvalue weighted by atomic mass is 9.35. The van der Waals surface area contributed by atoms with Gasteiger partial charge in [-0.1, -0.05) is 180 Å². The summed E-state index contributed by atoms with van der Waals surface area (Å²) in [7, 11) is -1.73. The predicted octanol–water partition coefficient (Wildman–Crippen LogP) is 15.0. The molecule has 8 aromatic carbocycles. The SMILES string of the molecule is Cc1cc2c3c(c1)N(c1ccc(C(C)(C)c4ccccc4)cc1)c1c(oc4ccc([Si](C)(C)C)cc14)B3c1cc3c(cc1N2c1ccc(C(C)(C)c2ccccc2)cc1)C1(c2ccccc2)CCCCC1(C)O3. The number of hydrogen-bond acceptors (Lipinski definition) is 4. The average Bonchev–Trinajstić information content (AvgIpc) is 3.91. The number of anilines is 6. The summed E-state index contributed by atoms with van der Waals surface area (Å²) in [5.74, 6) is 1.00. The Hall–Kier alpha value is -7.02. The van der Waals surface area contributed by atoms with Crippen LogP contribution in [0.15, 0.2) is 186 Å². The predicted molar refractivity (Wildman–Crippen MR) is 310 cm³/mol. The van der Waals surface area contributed by atoms with E-state index in [0.29, 0.717) is 0 Å². The number of rotatable bonds is 8. The van der Waals surface area contributed by atoms with Gasteiger partial charge in [0.2, 0.25) is 0 Å². The Labute approximate surface area is 433 Å². The molecule has 0 spiro atoms. The fourth-order valence-corrected chi connectivity index (χ4v) is 14.8. The Morgan fingerprint density at radius 2 is 1.10 bits per heavy atom. The topological polar surface area (TPSA) is 28.9 Å². The summed E-state index contributed by atoms with van der Waals surface area (Å²) in [6.45, 7) is 21.1. The van der Waals surface area contributed by atoms with E-state index in [9.17, 15) is 0 Å². The van der Waals surface area contributed by atoms with Gasteiger partial charge in [-0.15, -0.1) is 0 Å². The fraction of sp³-hybridized carbons (Fsp3) is 0.254. The summed E-state index contributed by atoms with van der Waals surface area (Å²) in [6.07, 6.45) is 4.34. The van der Waals surface area contributed by atoms with Crippen molar-refractivity contribution in [2.45, 2.75) is 109 Å². The van der Waals surface area contributed by atoms with Gasteiger partial charge in [-0.05, 0) is 138 Å². The maximum atomic E-state index is 7.51. The molecule has 6 heteroatoms. The molecule has 2 atom stereocenters. The van der Waals surface area contributed by atoms with Gasteiger partial charge in [-0.2, -0.15) is 0 Å². The molecule has 1 aromatic heterocycles. The molecule has 9 aromatic rings. The molecule has 0 saturated heterocycles. The zero-order valence-electron chi connectivity index (χ0n) is 43.9. The second-order valence-electron chi connectivity index (χ2n) is 23.9. The van der Waals surface area contributed by atoms with E-state index >= 15 is 0 Å². The lowest BCUT2D eigenvalue weighted by molar-refractivity contribution is 0.0178. The number of fused-ring (bicyclic) bond motifs is 9. The monoisotopic (exact) mass is 968 g/mol. The minimum Gasteiger partial charge on any atom is -0.486 e. The van der Waals surface area contributed by atoms with Gasteiger partial charge >= 0.3 is 0 Å². The summed E-state index contributed by atoms with van der Waals surface area (Å²) in [4.78, 5) is 5.12. The van der Waals surface area contributed by atoms with Crippen LogP contribution in [0.5, 0.6) is 5.75 Å². The summed E-state index contributed by atoms with van der Waals surface area (Å²) in [6, 6.07) is 68.7. The minimum absolute atomic E-state index is 0.179. The number of ether oxygens (including phenoxy) is 1. The van der Waals surface area contributed by atoms with Crippen LogP contribution in [0.3, 0.4) is 0 Å². The van der Waals surface area contributed by atoms with Crippen molar-refractivity contribution in [1.82, 2.24) is 0 Å². The summed E-state index contributed by atoms with van der Waals surface area (Å²) in [5, 5.41) is 2.58. The van der Waals surface area contributed by atoms with Gasteiger partial charge in [0.25, 0.3) is 6.71 Å². The van der Waals surface area contributed by atoms with Crippen LogP contribution in [0.1, 0.15) is 99.2 Å². The van der Waals surface area contributed by atoms with Gasteiger partial charge in [0.05, 0.1) is 24.8 Å². The number of hydrogen-bond donors (Lipinski definition) is 0. The van der Waals surface area contributed by atoms with Crippen LogP contribution in [0.25, 0.3) is 11.0 Å². The molecule has 4 aliphatic rings. The van der Waals surface area contributed by atoms with Crippen LogP contribution in [0, 0.1) is 6.92 Å². The van der Waals surface area contributed by atoms with Gasteiger partial charge < -0.3 is 19.0 Å². The molecule has 0 radical (unpaired) electrons. The van der Waals surface area contributed by atoms with Crippen molar-refractivity contribution in [2.75, 3.05) is 9.80 Å². The third-order valence-electron chi connectivity index (χ3n) is 17.9. The molecular weight excluding hydrogens is 904 g/mol. The van der Waals surface area contributed by atoms with Gasteiger partial charge in [0.1, 0.15) is 16.9 Å². The van der Waals surface area contributed by atoms with E-state index in [-0.39, 0.29) is 23.0 Å². The number of benzene rings is 8. The fourth-order valence-electron chi connectivity index (χ4n) is 13.6. The van der Waals surface area contributed by atoms with E-state index in [4.69, 9.17) is 9.15 Å². The minimum atomic E-state index is -1.73. The Morgan fingerprint density at radius 1 is 0.562 bits per heavy atom. The highest BCUT2D eigenvalue weighted by atomic mass is 28.3. The summed E-state index contributed by atoms with van der Waals surface area (Å²) >= 11 is 0. The van der Waals surface area contributed by atoms with Crippen molar-refractivity contribution in [2.24, 2.45) is 0 Å². The Bertz CT molecular complexity index is 3620. The first-order valence-electron chi connectivity index (χ1n) is 26.7. The number of aryl methyl sites for hydroxylation is 1. The summed E-state index contributed by atoms with van der Waals surface area (Å²) < 4.78 is 15.0. The van der Waals surface area contributed by atoms with Gasteiger partial charge in [-0.25, -0.2) is 0 Å². The van der Waals surface area contributed by atoms with Crippen LogP contribution in [-0.4, -0.2) is 20.4 Å². The Balaban J connectivity index is 1.08. The van der Waals surface area contributed by atoms with E-state index in [0.717, 1.165) is 65.1 Å². The first-order valence-corrected chi connectivity index (χ1v) is 30.2. The second kappa shape index (κ2) is 16.2. The summed E-state index contributed by atoms with van der Waals surface area (Å²) in [5.41, 5.74) is 19.2. The van der Waals surface area contributed by atoms with E-state index in [2.05, 4.69) is 253 Å². The largest absolute Gasteiger partial charge is 0.486 e. The highest BCUT2D eigenvalue weighted by Crippen LogP contribution is 2.61. The van der Waals surface area contributed by atoms with E-state index in [1.54, 1.807) is 0 Å². The highest BCUT2D eigenvalue weighted by Gasteiger charge is 2.60. The normalized spacial score (nSPS) is 18.9. The third kappa shape index (κ3) is 6.78. The van der Waals surface area contributed by atoms with E-state index < -0.39 is 13.7 Å². The number of furan rings is 1. The second-order valence-corrected chi connectivity index (χ2v) is 29.0. The first-order chi connectivity index (χ1) is 35.1. The van der Waals surface area contributed by atoms with Crippen LogP contribution in [-0.2, 0) is 16.2 Å². The van der Waals surface area contributed by atoms with Crippen molar-refractivity contribution in [3.63, 3.8) is 0 Å². The molecule has 0 N–H and O–H groups in total. The molecule has 73 heavy (non-hydrogen) atoms. The molecular formula is C67H65BN2O2Si. The van der Waals surface area contributed by atoms with Crippen molar-refractivity contribution in [1.29, 1.82) is 0 Å². The molecule has 1 aliphatic carbocycles. The molecule has 1 fully saturated rings. The highest BCUT2D eigenvalue weighted by molar-refractivity contribution is 7.00. The average molecular weight is 969 g/mol. The van der Waals surface area contributed by atoms with Crippen LogP contribution < -0.4 is 36.3 Å². The zero-order chi connectivity index (χ0) is 50.2. The van der Waals surface area contributed by atoms with E-state index in [1.807, 2.05) is 0 Å². The zero-order valence-corrected chi connectivity index (χ0v) is 44.9. The Kier molecular flexibility index (Phi) is 10.2. The standard InChI is InChI=1S/C67H65BN2O2Si/c1-44-39-57-61-58(40-44)70(51-33-29-48(30-34-51)65(4,5)46-23-15-11-16-24-46)62-53-41-52(73(7,8)9)35-36-59(53)71-63(62)68(61)55-43-60-54(67(49-25-17-12-18-26-49)38-20-19-37-66(67,6)72-60)42-56(55)69(57)50-31-27-47(28-32-50)64(2,3)45-21-13-10-14-22-45/h10-18,21-36,39-43H,19-20,37-38H2,1-9H3. The molecule has 362 valence electrons. The van der Waals surface area contributed by atoms with Crippen molar-refractivity contribution in [3.05, 3.63) is 221 Å². The maximum absolute atomic E-state index is 7.51. The molecule has 13 rings (SSSR count). The van der Waals surface area contributed by atoms with E-state index in [1.165, 1.54) is 72.1 Å². The van der Waals surface area contributed by atoms with Crippen molar-refractivity contribution in [3.8, 4) is 5.75 Å². The van der Waals surface area contributed by atoms with Gasteiger partial charge in [0.15, 0.2) is 0 Å². The molecule has 0 amide bonds. The molecule has 3 aliphatic heterocycles. The molecule has 4 nitrogen and oxygen atoms in total. The maximum Gasteiger partial charge on any atom is 0.297 e. The van der Waals surface area contributed by atoms with Crippen molar-refractivity contribution < 1.29 is 9.15 Å². The van der Waals surface area contributed by atoms with Crippen LogP contribution in [0.2, 0.25) is 19.6 Å². The lowest BCUT2D eigenvalue weighted by Crippen LogP contribution is -2.61.